The molecule has 7 nitrogen and oxygen atoms in total. The van der Waals surface area contributed by atoms with Gasteiger partial charge in [-0.3, -0.25) is 4.68 Å². The molecule has 0 amide bonds. The summed E-state index contributed by atoms with van der Waals surface area (Å²) < 4.78 is 11.7. The standard InChI is InChI=1S/C12H21N3O4/c1-9-10(12(16)17)11(15(2)14-9)13-5-4-6-19-8-7-18-3/h13H,4-8H2,1-3H3,(H,16,17). The van der Waals surface area contributed by atoms with Crippen molar-refractivity contribution in [1.82, 2.24) is 9.78 Å². The normalized spacial score (nSPS) is 10.7. The molecule has 0 aromatic carbocycles. The van der Waals surface area contributed by atoms with Crippen LogP contribution in [0.5, 0.6) is 0 Å². The van der Waals surface area contributed by atoms with Gasteiger partial charge in [-0.2, -0.15) is 5.10 Å². The van der Waals surface area contributed by atoms with Gasteiger partial charge in [0.25, 0.3) is 0 Å². The van der Waals surface area contributed by atoms with Gasteiger partial charge in [0.2, 0.25) is 0 Å². The van der Waals surface area contributed by atoms with Crippen molar-refractivity contribution >= 4 is 11.8 Å². The second kappa shape index (κ2) is 7.75. The maximum atomic E-state index is 11.1. The minimum absolute atomic E-state index is 0.225. The predicted octanol–water partition coefficient (Wildman–Crippen LogP) is 0.892. The Morgan fingerprint density at radius 1 is 1.42 bits per heavy atom. The number of nitrogens with zero attached hydrogens (tertiary/aromatic N) is 2. The van der Waals surface area contributed by atoms with E-state index in [0.717, 1.165) is 6.42 Å². The highest BCUT2D eigenvalue weighted by Crippen LogP contribution is 2.18. The van der Waals surface area contributed by atoms with Crippen LogP contribution in [0.4, 0.5) is 5.82 Å². The molecule has 0 radical (unpaired) electrons. The van der Waals surface area contributed by atoms with Gasteiger partial charge in [-0.05, 0) is 13.3 Å². The van der Waals surface area contributed by atoms with Crippen LogP contribution in [-0.4, -0.2) is 54.3 Å². The van der Waals surface area contributed by atoms with Crippen molar-refractivity contribution in [2.75, 3.05) is 38.8 Å². The van der Waals surface area contributed by atoms with Crippen molar-refractivity contribution < 1.29 is 19.4 Å². The number of aromatic nitrogens is 2. The van der Waals surface area contributed by atoms with E-state index in [9.17, 15) is 4.79 Å². The van der Waals surface area contributed by atoms with E-state index >= 15 is 0 Å². The molecular formula is C12H21N3O4. The van der Waals surface area contributed by atoms with Crippen LogP contribution in [-0.2, 0) is 16.5 Å². The van der Waals surface area contributed by atoms with Crippen LogP contribution in [0.25, 0.3) is 0 Å². The number of aryl methyl sites for hydroxylation is 2. The SMILES string of the molecule is COCCOCCCNc1c(C(=O)O)c(C)nn1C. The number of nitrogens with one attached hydrogen (secondary N) is 1. The summed E-state index contributed by atoms with van der Waals surface area (Å²) in [6.45, 7) is 4.07. The second-order valence-electron chi connectivity index (χ2n) is 4.12. The summed E-state index contributed by atoms with van der Waals surface area (Å²) >= 11 is 0. The Kier molecular flexibility index (Phi) is 6.31. The molecule has 1 aromatic rings. The first-order valence-electron chi connectivity index (χ1n) is 6.15. The Bertz CT molecular complexity index is 417. The van der Waals surface area contributed by atoms with Gasteiger partial charge in [0.05, 0.1) is 18.9 Å². The lowest BCUT2D eigenvalue weighted by molar-refractivity contribution is 0.0696. The van der Waals surface area contributed by atoms with Gasteiger partial charge in [-0.1, -0.05) is 0 Å². The number of hydrogen-bond acceptors (Lipinski definition) is 5. The van der Waals surface area contributed by atoms with E-state index < -0.39 is 5.97 Å². The number of hydrogen-bond donors (Lipinski definition) is 2. The van der Waals surface area contributed by atoms with Crippen LogP contribution in [0.1, 0.15) is 22.5 Å². The summed E-state index contributed by atoms with van der Waals surface area (Å²) in [5.41, 5.74) is 0.733. The molecule has 0 unspecified atom stereocenters. The number of rotatable bonds is 9. The van der Waals surface area contributed by atoms with E-state index in [4.69, 9.17) is 14.6 Å². The van der Waals surface area contributed by atoms with Crippen LogP contribution >= 0.6 is 0 Å². The van der Waals surface area contributed by atoms with Crippen LogP contribution in [0.15, 0.2) is 0 Å². The largest absolute Gasteiger partial charge is 0.477 e. The highest BCUT2D eigenvalue weighted by molar-refractivity contribution is 5.94. The number of methoxy groups -OCH3 is 1. The molecule has 7 heteroatoms. The first-order valence-corrected chi connectivity index (χ1v) is 6.15. The summed E-state index contributed by atoms with van der Waals surface area (Å²) in [5.74, 6) is -0.439. The second-order valence-corrected chi connectivity index (χ2v) is 4.12. The fourth-order valence-electron chi connectivity index (χ4n) is 1.74. The van der Waals surface area contributed by atoms with Crippen LogP contribution < -0.4 is 5.32 Å². The third-order valence-corrected chi connectivity index (χ3v) is 2.63. The third kappa shape index (κ3) is 4.53. The van der Waals surface area contributed by atoms with E-state index in [2.05, 4.69) is 10.4 Å². The third-order valence-electron chi connectivity index (χ3n) is 2.63. The molecule has 0 aliphatic carbocycles. The number of carbonyl (C=O) groups is 1. The molecule has 1 heterocycles. The average Bonchev–Trinajstić information content (AvgIpc) is 2.63. The van der Waals surface area contributed by atoms with Crippen LogP contribution in [0, 0.1) is 6.92 Å². The highest BCUT2D eigenvalue weighted by atomic mass is 16.5. The van der Waals surface area contributed by atoms with Crippen molar-refractivity contribution in [3.63, 3.8) is 0 Å². The molecule has 0 saturated heterocycles. The van der Waals surface area contributed by atoms with Crippen LogP contribution in [0.3, 0.4) is 0 Å². The minimum atomic E-state index is -0.968. The van der Waals surface area contributed by atoms with Gasteiger partial charge in [-0.25, -0.2) is 4.79 Å². The summed E-state index contributed by atoms with van der Waals surface area (Å²) in [6, 6.07) is 0. The summed E-state index contributed by atoms with van der Waals surface area (Å²) in [6.07, 6.45) is 0.785. The Balaban J connectivity index is 2.39. The smallest absolute Gasteiger partial charge is 0.341 e. The lowest BCUT2D eigenvalue weighted by Crippen LogP contribution is -2.12. The zero-order valence-electron chi connectivity index (χ0n) is 11.6. The van der Waals surface area contributed by atoms with E-state index in [0.29, 0.717) is 37.9 Å². The summed E-state index contributed by atoms with van der Waals surface area (Å²) in [4.78, 5) is 11.1. The van der Waals surface area contributed by atoms with Crippen molar-refractivity contribution in [2.45, 2.75) is 13.3 Å². The molecule has 0 saturated carbocycles. The Morgan fingerprint density at radius 3 is 2.79 bits per heavy atom. The molecule has 0 aliphatic heterocycles. The fraction of sp³-hybridized carbons (Fsp3) is 0.667. The van der Waals surface area contributed by atoms with Gasteiger partial charge in [0.15, 0.2) is 0 Å². The first kappa shape index (κ1) is 15.5. The Hall–Kier alpha value is -1.60. The maximum absolute atomic E-state index is 11.1. The van der Waals surface area contributed by atoms with Crippen molar-refractivity contribution in [3.05, 3.63) is 11.3 Å². The molecule has 0 spiro atoms. The monoisotopic (exact) mass is 271 g/mol. The highest BCUT2D eigenvalue weighted by Gasteiger charge is 2.18. The number of carboxylic acid groups (broad SMARTS) is 1. The number of ether oxygens (including phenoxy) is 2. The van der Waals surface area contributed by atoms with Gasteiger partial charge in [0.1, 0.15) is 11.4 Å². The lowest BCUT2D eigenvalue weighted by Gasteiger charge is -2.08. The van der Waals surface area contributed by atoms with E-state index in [1.807, 2.05) is 0 Å². The summed E-state index contributed by atoms with van der Waals surface area (Å²) in [7, 11) is 3.35. The Labute approximate surface area is 112 Å². The number of aromatic carboxylic acids is 1. The average molecular weight is 271 g/mol. The predicted molar refractivity (Wildman–Crippen MR) is 70.7 cm³/mol. The number of carboxylic acids is 1. The Morgan fingerprint density at radius 2 is 2.16 bits per heavy atom. The molecule has 2 N–H and O–H groups in total. The topological polar surface area (TPSA) is 85.6 Å². The van der Waals surface area contributed by atoms with E-state index in [1.54, 1.807) is 25.8 Å². The quantitative estimate of drug-likeness (QED) is 0.649. The summed E-state index contributed by atoms with van der Waals surface area (Å²) in [5, 5.41) is 16.3. The maximum Gasteiger partial charge on any atom is 0.341 e. The lowest BCUT2D eigenvalue weighted by atomic mass is 10.2. The molecule has 1 aromatic heterocycles. The molecule has 19 heavy (non-hydrogen) atoms. The fourth-order valence-corrected chi connectivity index (χ4v) is 1.74. The van der Waals surface area contributed by atoms with Gasteiger partial charge < -0.3 is 19.9 Å². The minimum Gasteiger partial charge on any atom is -0.477 e. The zero-order valence-corrected chi connectivity index (χ0v) is 11.6. The van der Waals surface area contributed by atoms with E-state index in [-0.39, 0.29) is 5.56 Å². The van der Waals surface area contributed by atoms with Crippen LogP contribution in [0.2, 0.25) is 0 Å². The van der Waals surface area contributed by atoms with Crippen molar-refractivity contribution in [3.8, 4) is 0 Å². The molecule has 0 bridgehead atoms. The molecule has 0 fully saturated rings. The molecule has 0 aliphatic rings. The van der Waals surface area contributed by atoms with Crippen molar-refractivity contribution in [2.24, 2.45) is 7.05 Å². The molecule has 1 rings (SSSR count). The molecule has 0 atom stereocenters. The molecule has 108 valence electrons. The van der Waals surface area contributed by atoms with Crippen molar-refractivity contribution in [1.29, 1.82) is 0 Å². The van der Waals surface area contributed by atoms with Gasteiger partial charge >= 0.3 is 5.97 Å². The first-order chi connectivity index (χ1) is 9.07. The van der Waals surface area contributed by atoms with E-state index in [1.165, 1.54) is 0 Å². The zero-order chi connectivity index (χ0) is 14.3. The van der Waals surface area contributed by atoms with Gasteiger partial charge in [0, 0.05) is 27.3 Å². The molecular weight excluding hydrogens is 250 g/mol. The van der Waals surface area contributed by atoms with Gasteiger partial charge in [-0.15, -0.1) is 0 Å². The number of anilines is 1.